The van der Waals surface area contributed by atoms with E-state index in [2.05, 4.69) is 5.10 Å². The Morgan fingerprint density at radius 1 is 1.00 bits per heavy atom. The van der Waals surface area contributed by atoms with Crippen molar-refractivity contribution in [3.05, 3.63) is 117 Å². The van der Waals surface area contributed by atoms with Crippen molar-refractivity contribution in [3.63, 3.8) is 0 Å². The van der Waals surface area contributed by atoms with Crippen LogP contribution in [0.3, 0.4) is 0 Å². The highest BCUT2D eigenvalue weighted by atomic mass is 35.5. The second-order valence-corrected chi connectivity index (χ2v) is 9.18. The first-order valence-corrected chi connectivity index (χ1v) is 12.0. The molecule has 0 aliphatic carbocycles. The largest absolute Gasteiger partial charge is 0.453 e. The van der Waals surface area contributed by atoms with Gasteiger partial charge in [-0.25, -0.2) is 9.37 Å². The molecule has 3 aromatic heterocycles. The fourth-order valence-corrected chi connectivity index (χ4v) is 4.72. The second-order valence-electron chi connectivity index (χ2n) is 8.75. The number of nitrogens with zero attached hydrogens (tertiary/aromatic N) is 4. The van der Waals surface area contributed by atoms with Crippen molar-refractivity contribution < 1.29 is 8.81 Å². The molecule has 0 saturated heterocycles. The van der Waals surface area contributed by atoms with Gasteiger partial charge < -0.3 is 8.98 Å². The Bertz CT molecular complexity index is 1900. The molecule has 0 aliphatic heterocycles. The summed E-state index contributed by atoms with van der Waals surface area (Å²) in [6, 6.07) is 22.5. The summed E-state index contributed by atoms with van der Waals surface area (Å²) < 4.78 is 22.7. The normalized spacial score (nSPS) is 11.8. The third-order valence-corrected chi connectivity index (χ3v) is 6.56. The topological polar surface area (TPSA) is 65.3 Å². The number of furan rings is 1. The van der Waals surface area contributed by atoms with Gasteiger partial charge in [-0.3, -0.25) is 4.79 Å². The van der Waals surface area contributed by atoms with Crippen LogP contribution in [0.1, 0.15) is 17.0 Å². The maximum absolute atomic E-state index is 13.5. The SMILES string of the molecule is Cc1cc(C=Nn2c(-c3cc4cc(Cl)ccc4o3)nc3ccccc3c2=O)c(C)n1-c1ccc(F)cc1. The molecule has 0 unspecified atom stereocenters. The molecule has 0 spiro atoms. The zero-order chi connectivity index (χ0) is 25.7. The van der Waals surface area contributed by atoms with Gasteiger partial charge in [-0.05, 0) is 80.6 Å². The average molecular weight is 511 g/mol. The molecule has 0 saturated carbocycles. The first-order chi connectivity index (χ1) is 17.9. The summed E-state index contributed by atoms with van der Waals surface area (Å²) in [4.78, 5) is 18.2. The molecule has 182 valence electrons. The van der Waals surface area contributed by atoms with Gasteiger partial charge in [-0.15, -0.1) is 0 Å². The molecule has 0 aliphatic rings. The number of aromatic nitrogens is 3. The van der Waals surface area contributed by atoms with Crippen LogP contribution in [0.4, 0.5) is 4.39 Å². The van der Waals surface area contributed by atoms with Gasteiger partial charge in [-0.1, -0.05) is 23.7 Å². The third-order valence-electron chi connectivity index (χ3n) is 6.32. The summed E-state index contributed by atoms with van der Waals surface area (Å²) in [5.41, 5.74) is 4.34. The van der Waals surface area contributed by atoms with Gasteiger partial charge in [-0.2, -0.15) is 9.78 Å². The van der Waals surface area contributed by atoms with Crippen LogP contribution in [0.2, 0.25) is 5.02 Å². The number of fused-ring (bicyclic) bond motifs is 2. The van der Waals surface area contributed by atoms with Crippen LogP contribution in [-0.4, -0.2) is 20.4 Å². The van der Waals surface area contributed by atoms with E-state index in [1.54, 1.807) is 60.8 Å². The second kappa shape index (κ2) is 8.87. The van der Waals surface area contributed by atoms with E-state index in [-0.39, 0.29) is 17.2 Å². The van der Waals surface area contributed by atoms with Gasteiger partial charge in [0.05, 0.1) is 17.1 Å². The molecule has 0 fully saturated rings. The van der Waals surface area contributed by atoms with E-state index in [1.165, 1.54) is 16.8 Å². The number of halogens is 2. The molecule has 0 amide bonds. The van der Waals surface area contributed by atoms with E-state index in [9.17, 15) is 9.18 Å². The Kier molecular flexibility index (Phi) is 5.50. The van der Waals surface area contributed by atoms with Crippen LogP contribution in [0.15, 0.2) is 93.2 Å². The molecular weight excluding hydrogens is 491 g/mol. The summed E-state index contributed by atoms with van der Waals surface area (Å²) in [6.45, 7) is 3.91. The van der Waals surface area contributed by atoms with Crippen molar-refractivity contribution >= 4 is 39.7 Å². The first kappa shape index (κ1) is 22.9. The van der Waals surface area contributed by atoms with Crippen molar-refractivity contribution in [2.45, 2.75) is 13.8 Å². The summed E-state index contributed by atoms with van der Waals surface area (Å²) in [5, 5.41) is 6.39. The molecule has 0 radical (unpaired) electrons. The third kappa shape index (κ3) is 4.03. The molecule has 6 aromatic rings. The Labute approximate surface area is 215 Å². The van der Waals surface area contributed by atoms with Crippen molar-refractivity contribution in [2.24, 2.45) is 5.10 Å². The van der Waals surface area contributed by atoms with E-state index in [4.69, 9.17) is 21.0 Å². The highest BCUT2D eigenvalue weighted by Crippen LogP contribution is 2.29. The van der Waals surface area contributed by atoms with Crippen LogP contribution in [0, 0.1) is 19.7 Å². The minimum atomic E-state index is -0.317. The van der Waals surface area contributed by atoms with E-state index in [1.807, 2.05) is 30.5 Å². The molecule has 3 aromatic carbocycles. The summed E-state index contributed by atoms with van der Waals surface area (Å²) in [5.74, 6) is 0.380. The predicted octanol–water partition coefficient (Wildman–Crippen LogP) is 6.89. The van der Waals surface area contributed by atoms with E-state index < -0.39 is 0 Å². The standard InChI is InChI=1S/C29H20ClFN4O2/c1-17-13-20(18(2)34(17)23-10-8-22(31)9-11-23)16-32-35-28(33-25-6-4-3-5-24(25)29(35)36)27-15-19-14-21(30)7-12-26(19)37-27/h3-16H,1-2H3. The van der Waals surface area contributed by atoms with Gasteiger partial charge in [0.25, 0.3) is 5.56 Å². The van der Waals surface area contributed by atoms with Gasteiger partial charge in [0, 0.05) is 33.0 Å². The molecular formula is C29H20ClFN4O2. The Hall–Kier alpha value is -4.49. The van der Waals surface area contributed by atoms with Crippen LogP contribution >= 0.6 is 11.6 Å². The van der Waals surface area contributed by atoms with Crippen LogP contribution in [0.25, 0.3) is 39.1 Å². The van der Waals surface area contributed by atoms with Gasteiger partial charge >= 0.3 is 0 Å². The van der Waals surface area contributed by atoms with Crippen LogP contribution < -0.4 is 5.56 Å². The molecule has 6 nitrogen and oxygen atoms in total. The summed E-state index contributed by atoms with van der Waals surface area (Å²) in [6.07, 6.45) is 1.63. The lowest BCUT2D eigenvalue weighted by molar-refractivity contribution is 0.616. The molecule has 0 atom stereocenters. The lowest BCUT2D eigenvalue weighted by Crippen LogP contribution is -2.20. The number of hydrogen-bond donors (Lipinski definition) is 0. The van der Waals surface area contributed by atoms with Gasteiger partial charge in [0.1, 0.15) is 11.4 Å². The number of para-hydroxylation sites is 1. The van der Waals surface area contributed by atoms with Gasteiger partial charge in [0.15, 0.2) is 5.76 Å². The minimum Gasteiger partial charge on any atom is -0.453 e. The Morgan fingerprint density at radius 3 is 2.59 bits per heavy atom. The quantitative estimate of drug-likeness (QED) is 0.242. The van der Waals surface area contributed by atoms with Crippen molar-refractivity contribution in [3.8, 4) is 17.3 Å². The first-order valence-electron chi connectivity index (χ1n) is 11.6. The monoisotopic (exact) mass is 510 g/mol. The van der Waals surface area contributed by atoms with Crippen molar-refractivity contribution in [1.82, 2.24) is 14.2 Å². The number of hydrogen-bond acceptors (Lipinski definition) is 4. The predicted molar refractivity (Wildman–Crippen MR) is 144 cm³/mol. The fourth-order valence-electron chi connectivity index (χ4n) is 4.54. The van der Waals surface area contributed by atoms with E-state index in [0.29, 0.717) is 27.3 Å². The highest BCUT2D eigenvalue weighted by Gasteiger charge is 2.17. The molecule has 0 bridgehead atoms. The smallest absolute Gasteiger partial charge is 0.282 e. The fraction of sp³-hybridized carbons (Fsp3) is 0.0690. The van der Waals surface area contributed by atoms with Gasteiger partial charge in [0.2, 0.25) is 5.82 Å². The lowest BCUT2D eigenvalue weighted by Gasteiger charge is -2.09. The van der Waals surface area contributed by atoms with E-state index in [0.717, 1.165) is 28.0 Å². The summed E-state index contributed by atoms with van der Waals surface area (Å²) in [7, 11) is 0. The molecule has 0 N–H and O–H groups in total. The maximum atomic E-state index is 13.5. The highest BCUT2D eigenvalue weighted by molar-refractivity contribution is 6.31. The zero-order valence-corrected chi connectivity index (χ0v) is 20.7. The Balaban J connectivity index is 1.51. The maximum Gasteiger partial charge on any atom is 0.282 e. The minimum absolute atomic E-state index is 0.277. The molecule has 3 heterocycles. The summed E-state index contributed by atoms with van der Waals surface area (Å²) >= 11 is 6.15. The van der Waals surface area contributed by atoms with Crippen molar-refractivity contribution in [1.29, 1.82) is 0 Å². The van der Waals surface area contributed by atoms with E-state index >= 15 is 0 Å². The average Bonchev–Trinajstić information content (AvgIpc) is 3.43. The number of benzene rings is 3. The Morgan fingerprint density at radius 2 is 1.78 bits per heavy atom. The molecule has 37 heavy (non-hydrogen) atoms. The molecule has 8 heteroatoms. The number of rotatable bonds is 4. The lowest BCUT2D eigenvalue weighted by atomic mass is 10.2. The number of aryl methyl sites for hydroxylation is 1. The zero-order valence-electron chi connectivity index (χ0n) is 19.9. The van der Waals surface area contributed by atoms with Crippen LogP contribution in [-0.2, 0) is 0 Å². The van der Waals surface area contributed by atoms with Crippen molar-refractivity contribution in [2.75, 3.05) is 0 Å². The van der Waals surface area contributed by atoms with Crippen LogP contribution in [0.5, 0.6) is 0 Å². The molecule has 6 rings (SSSR count).